The Kier molecular flexibility index (Phi) is 65.9. The van der Waals surface area contributed by atoms with Crippen LogP contribution in [0.3, 0.4) is 0 Å². The van der Waals surface area contributed by atoms with E-state index in [0.717, 1.165) is 51.4 Å². The number of allylic oxidation sites excluding steroid dienone is 6. The zero-order chi connectivity index (χ0) is 56.4. The molecule has 0 saturated heterocycles. The predicted octanol–water partition coefficient (Wildman–Crippen LogP) is 22.7. The molecular weight excluding hydrogens is 959 g/mol. The van der Waals surface area contributed by atoms with Gasteiger partial charge in [-0.15, -0.1) is 0 Å². The van der Waals surface area contributed by atoms with E-state index in [1.807, 2.05) is 0 Å². The highest BCUT2D eigenvalue weighted by Crippen LogP contribution is 2.19. The van der Waals surface area contributed by atoms with Gasteiger partial charge >= 0.3 is 5.97 Å². The number of carbonyl (C=O) groups excluding carboxylic acids is 2. The Labute approximate surface area is 487 Å². The van der Waals surface area contributed by atoms with Gasteiger partial charge in [-0.1, -0.05) is 333 Å². The second-order valence-electron chi connectivity index (χ2n) is 24.2. The predicted molar refractivity (Wildman–Crippen MR) is 343 cm³/mol. The summed E-state index contributed by atoms with van der Waals surface area (Å²) in [6, 6.07) is -0.548. The average Bonchev–Trinajstić information content (AvgIpc) is 3.44. The number of aliphatic hydroxyl groups is 2. The minimum absolute atomic E-state index is 0.00329. The van der Waals surface area contributed by atoms with E-state index in [-0.39, 0.29) is 18.5 Å². The highest BCUT2D eigenvalue weighted by Gasteiger charge is 2.20. The SMILES string of the molecule is CCC/C=C\C/C=C\CCCCCCCC(=O)OCCCCCCCCCCCCCC/C=C\CCCCCCCCCC(=O)NC(CO)C(O)CCCCCCCCCCCCCCCCCCCCCCCCCCC. The van der Waals surface area contributed by atoms with Crippen molar-refractivity contribution in [3.8, 4) is 0 Å². The second-order valence-corrected chi connectivity index (χ2v) is 24.2. The van der Waals surface area contributed by atoms with Gasteiger partial charge in [-0.25, -0.2) is 0 Å². The molecule has 0 bridgehead atoms. The first kappa shape index (κ1) is 76.1. The summed E-state index contributed by atoms with van der Waals surface area (Å²) in [4.78, 5) is 24.6. The molecule has 78 heavy (non-hydrogen) atoms. The summed E-state index contributed by atoms with van der Waals surface area (Å²) in [7, 11) is 0. The molecule has 0 aromatic rings. The number of nitrogens with one attached hydrogen (secondary N) is 1. The Balaban J connectivity index is 3.42. The van der Waals surface area contributed by atoms with Crippen LogP contribution in [0, 0.1) is 0 Å². The van der Waals surface area contributed by atoms with E-state index in [2.05, 4.69) is 55.6 Å². The van der Waals surface area contributed by atoms with Crippen LogP contribution in [0.25, 0.3) is 0 Å². The Morgan fingerprint density at radius 2 is 0.667 bits per heavy atom. The molecule has 0 aromatic carbocycles. The molecule has 1 amide bonds. The summed E-state index contributed by atoms with van der Waals surface area (Å²) in [6.45, 7) is 4.91. The fraction of sp³-hybridized carbons (Fsp3) is 0.889. The Bertz CT molecular complexity index is 1260. The standard InChI is InChI=1S/C72H137NO5/c1-3-5-7-9-11-13-15-17-18-19-20-21-22-23-25-28-31-34-37-41-44-48-52-56-60-64-70(75)69(68-74)73-71(76)65-61-57-53-49-45-42-38-35-32-29-26-24-27-30-33-36-39-43-47-51-55-59-63-67-78-72(77)66-62-58-54-50-46-40-16-14-12-10-8-6-4-2/h8,10,14,16,29,32,69-70,74-75H,3-7,9,11-13,15,17-28,30-31,33-68H2,1-2H3,(H,73,76)/b10-8-,16-14-,32-29-. The number of aliphatic hydroxyl groups excluding tert-OH is 2. The monoisotopic (exact) mass is 1100 g/mol. The molecule has 0 rings (SSSR count). The normalized spacial score (nSPS) is 12.7. The number of rotatable bonds is 66. The lowest BCUT2D eigenvalue weighted by atomic mass is 10.0. The van der Waals surface area contributed by atoms with Gasteiger partial charge in [0, 0.05) is 12.8 Å². The minimum atomic E-state index is -0.670. The van der Waals surface area contributed by atoms with Crippen molar-refractivity contribution in [3.05, 3.63) is 36.5 Å². The third kappa shape index (κ3) is 63.3. The molecule has 460 valence electrons. The maximum absolute atomic E-state index is 12.6. The molecule has 0 aliphatic rings. The number of hydrogen-bond donors (Lipinski definition) is 3. The van der Waals surface area contributed by atoms with Crippen LogP contribution >= 0.6 is 0 Å². The van der Waals surface area contributed by atoms with Crippen LogP contribution in [0.2, 0.25) is 0 Å². The topological polar surface area (TPSA) is 95.9 Å². The molecule has 0 heterocycles. The lowest BCUT2D eigenvalue weighted by Gasteiger charge is -2.22. The van der Waals surface area contributed by atoms with Crippen LogP contribution in [0.4, 0.5) is 0 Å². The van der Waals surface area contributed by atoms with Crippen molar-refractivity contribution in [2.75, 3.05) is 13.2 Å². The highest BCUT2D eigenvalue weighted by molar-refractivity contribution is 5.76. The van der Waals surface area contributed by atoms with E-state index in [1.165, 1.54) is 302 Å². The summed E-state index contributed by atoms with van der Waals surface area (Å²) in [5, 5.41) is 23.4. The smallest absolute Gasteiger partial charge is 0.305 e. The largest absolute Gasteiger partial charge is 0.466 e. The summed E-state index contributed by atoms with van der Waals surface area (Å²) in [6.07, 6.45) is 86.2. The molecule has 0 radical (unpaired) electrons. The third-order valence-electron chi connectivity index (χ3n) is 16.4. The van der Waals surface area contributed by atoms with Crippen molar-refractivity contribution in [1.29, 1.82) is 0 Å². The van der Waals surface area contributed by atoms with E-state index in [4.69, 9.17) is 4.74 Å². The van der Waals surface area contributed by atoms with Crippen LogP contribution in [0.5, 0.6) is 0 Å². The summed E-state index contributed by atoms with van der Waals surface area (Å²) >= 11 is 0. The van der Waals surface area contributed by atoms with Gasteiger partial charge in [-0.05, 0) is 77.0 Å². The van der Waals surface area contributed by atoms with Gasteiger partial charge in [-0.2, -0.15) is 0 Å². The van der Waals surface area contributed by atoms with Crippen LogP contribution in [-0.2, 0) is 14.3 Å². The van der Waals surface area contributed by atoms with E-state index < -0.39 is 12.1 Å². The lowest BCUT2D eigenvalue weighted by Crippen LogP contribution is -2.45. The fourth-order valence-corrected chi connectivity index (χ4v) is 11.0. The van der Waals surface area contributed by atoms with Crippen molar-refractivity contribution in [3.63, 3.8) is 0 Å². The summed E-state index contributed by atoms with van der Waals surface area (Å²) in [5.41, 5.74) is 0. The van der Waals surface area contributed by atoms with E-state index in [1.54, 1.807) is 0 Å². The summed E-state index contributed by atoms with van der Waals surface area (Å²) < 4.78 is 5.47. The number of ether oxygens (including phenoxy) is 1. The van der Waals surface area contributed by atoms with E-state index >= 15 is 0 Å². The van der Waals surface area contributed by atoms with Gasteiger partial charge in [0.05, 0.1) is 25.4 Å². The molecule has 0 fully saturated rings. The first-order chi connectivity index (χ1) is 38.5. The van der Waals surface area contributed by atoms with Crippen molar-refractivity contribution in [2.24, 2.45) is 0 Å². The maximum atomic E-state index is 12.6. The molecule has 0 aliphatic carbocycles. The molecule has 6 nitrogen and oxygen atoms in total. The van der Waals surface area contributed by atoms with Crippen LogP contribution in [-0.4, -0.2) is 47.4 Å². The van der Waals surface area contributed by atoms with Gasteiger partial charge in [-0.3, -0.25) is 9.59 Å². The number of carbonyl (C=O) groups is 2. The van der Waals surface area contributed by atoms with E-state index in [0.29, 0.717) is 25.9 Å². The average molecular weight is 1100 g/mol. The summed E-state index contributed by atoms with van der Waals surface area (Å²) in [5.74, 6) is -0.0405. The maximum Gasteiger partial charge on any atom is 0.305 e. The molecule has 0 aromatic heterocycles. The minimum Gasteiger partial charge on any atom is -0.466 e. The lowest BCUT2D eigenvalue weighted by molar-refractivity contribution is -0.143. The van der Waals surface area contributed by atoms with Gasteiger partial charge in [0.2, 0.25) is 5.91 Å². The number of hydrogen-bond acceptors (Lipinski definition) is 5. The van der Waals surface area contributed by atoms with Gasteiger partial charge in [0.25, 0.3) is 0 Å². The Hall–Kier alpha value is -1.92. The molecule has 0 spiro atoms. The Morgan fingerprint density at radius 1 is 0.359 bits per heavy atom. The second kappa shape index (κ2) is 67.6. The molecule has 0 saturated carbocycles. The molecule has 2 unspecified atom stereocenters. The first-order valence-electron chi connectivity index (χ1n) is 35.2. The van der Waals surface area contributed by atoms with Crippen molar-refractivity contribution in [2.45, 2.75) is 398 Å². The van der Waals surface area contributed by atoms with Crippen molar-refractivity contribution < 1.29 is 24.5 Å². The molecule has 2 atom stereocenters. The van der Waals surface area contributed by atoms with Gasteiger partial charge < -0.3 is 20.3 Å². The highest BCUT2D eigenvalue weighted by atomic mass is 16.5. The Morgan fingerprint density at radius 3 is 1.04 bits per heavy atom. The molecule has 3 N–H and O–H groups in total. The number of unbranched alkanes of at least 4 members (excludes halogenated alkanes) is 49. The molecule has 6 heteroatoms. The quantitative estimate of drug-likeness (QED) is 0.0320. The first-order valence-corrected chi connectivity index (χ1v) is 35.2. The zero-order valence-corrected chi connectivity index (χ0v) is 52.7. The van der Waals surface area contributed by atoms with Gasteiger partial charge in [0.1, 0.15) is 0 Å². The molecular formula is C72H137NO5. The number of esters is 1. The van der Waals surface area contributed by atoms with Crippen molar-refractivity contribution in [1.82, 2.24) is 5.32 Å². The van der Waals surface area contributed by atoms with Crippen LogP contribution < -0.4 is 5.32 Å². The fourth-order valence-electron chi connectivity index (χ4n) is 11.0. The van der Waals surface area contributed by atoms with Crippen LogP contribution in [0.15, 0.2) is 36.5 Å². The zero-order valence-electron chi connectivity index (χ0n) is 52.7. The third-order valence-corrected chi connectivity index (χ3v) is 16.4. The van der Waals surface area contributed by atoms with E-state index in [9.17, 15) is 19.8 Å². The van der Waals surface area contributed by atoms with Crippen molar-refractivity contribution >= 4 is 11.9 Å². The molecule has 0 aliphatic heterocycles. The van der Waals surface area contributed by atoms with Gasteiger partial charge in [0.15, 0.2) is 0 Å². The number of amides is 1. The van der Waals surface area contributed by atoms with Crippen LogP contribution in [0.1, 0.15) is 386 Å².